The lowest BCUT2D eigenvalue weighted by Crippen LogP contribution is -2.27. The van der Waals surface area contributed by atoms with Crippen LogP contribution in [0.1, 0.15) is 35.6 Å². The van der Waals surface area contributed by atoms with E-state index in [1.165, 1.54) is 11.1 Å². The maximum absolute atomic E-state index is 12.3. The number of aryl methyl sites for hydroxylation is 1. The molecule has 0 aliphatic heterocycles. The normalized spacial score (nSPS) is 12.0. The molecule has 0 spiro atoms. The van der Waals surface area contributed by atoms with Crippen LogP contribution in [0.5, 0.6) is 0 Å². The topological polar surface area (TPSA) is 46.3 Å². The van der Waals surface area contributed by atoms with Gasteiger partial charge in [-0.25, -0.2) is 0 Å². The highest BCUT2D eigenvalue weighted by Gasteiger charge is 2.13. The minimum Gasteiger partial charge on any atom is -0.341 e. The molecule has 0 saturated heterocycles. The fraction of sp³-hybridized carbons (Fsp3) is 0.316. The molecule has 2 aromatic carbocycles. The summed E-state index contributed by atoms with van der Waals surface area (Å²) in [6, 6.07) is 18.0. The van der Waals surface area contributed by atoms with Gasteiger partial charge in [0.15, 0.2) is 0 Å². The van der Waals surface area contributed by atoms with E-state index in [1.807, 2.05) is 49.5 Å². The van der Waals surface area contributed by atoms with Gasteiger partial charge in [0.25, 0.3) is 0 Å². The predicted molar refractivity (Wildman–Crippen MR) is 90.3 cm³/mol. The molecule has 0 radical (unpaired) electrons. The van der Waals surface area contributed by atoms with E-state index in [1.54, 1.807) is 4.90 Å². The fourth-order valence-corrected chi connectivity index (χ4v) is 2.47. The number of amides is 1. The van der Waals surface area contributed by atoms with Crippen molar-refractivity contribution >= 4 is 5.91 Å². The zero-order valence-electron chi connectivity index (χ0n) is 13.3. The van der Waals surface area contributed by atoms with E-state index < -0.39 is 0 Å². The molecule has 0 heterocycles. The summed E-state index contributed by atoms with van der Waals surface area (Å²) in [4.78, 5) is 14.0. The number of hydrogen-bond donors (Lipinski definition) is 1. The zero-order valence-corrected chi connectivity index (χ0v) is 13.3. The van der Waals surface area contributed by atoms with E-state index in [9.17, 15) is 4.79 Å². The minimum atomic E-state index is -0.0861. The van der Waals surface area contributed by atoms with Crippen LogP contribution in [0.3, 0.4) is 0 Å². The van der Waals surface area contributed by atoms with Crippen LogP contribution >= 0.6 is 0 Å². The monoisotopic (exact) mass is 296 g/mol. The molecule has 1 amide bonds. The van der Waals surface area contributed by atoms with E-state index in [0.29, 0.717) is 19.4 Å². The summed E-state index contributed by atoms with van der Waals surface area (Å²) in [5.74, 6) is 0.134. The maximum atomic E-state index is 12.3. The first-order valence-electron chi connectivity index (χ1n) is 7.67. The molecule has 0 fully saturated rings. The third-order valence-corrected chi connectivity index (χ3v) is 3.99. The molecule has 2 N–H and O–H groups in total. The zero-order chi connectivity index (χ0) is 15.9. The average Bonchev–Trinajstić information content (AvgIpc) is 2.55. The molecule has 1 atom stereocenters. The van der Waals surface area contributed by atoms with Gasteiger partial charge in [-0.05, 0) is 30.0 Å². The van der Waals surface area contributed by atoms with Crippen molar-refractivity contribution in [3.63, 3.8) is 0 Å². The lowest BCUT2D eigenvalue weighted by molar-refractivity contribution is -0.130. The van der Waals surface area contributed by atoms with Gasteiger partial charge in [0.2, 0.25) is 5.91 Å². The number of benzene rings is 2. The van der Waals surface area contributed by atoms with Gasteiger partial charge >= 0.3 is 0 Å². The van der Waals surface area contributed by atoms with Gasteiger partial charge in [0.1, 0.15) is 0 Å². The Hall–Kier alpha value is -2.13. The van der Waals surface area contributed by atoms with Gasteiger partial charge < -0.3 is 10.6 Å². The highest BCUT2D eigenvalue weighted by atomic mass is 16.2. The first-order chi connectivity index (χ1) is 10.6. The summed E-state index contributed by atoms with van der Waals surface area (Å²) in [7, 11) is 1.85. The van der Waals surface area contributed by atoms with Gasteiger partial charge in [0.05, 0.1) is 0 Å². The predicted octanol–water partition coefficient (Wildman–Crippen LogP) is 3.43. The quantitative estimate of drug-likeness (QED) is 0.887. The molecular formula is C19H24N2O. The fourth-order valence-electron chi connectivity index (χ4n) is 2.47. The summed E-state index contributed by atoms with van der Waals surface area (Å²) in [5.41, 5.74) is 9.63. The van der Waals surface area contributed by atoms with Gasteiger partial charge in [-0.2, -0.15) is 0 Å². The highest BCUT2D eigenvalue weighted by Crippen LogP contribution is 2.16. The van der Waals surface area contributed by atoms with Crippen LogP contribution in [0.2, 0.25) is 0 Å². The van der Waals surface area contributed by atoms with E-state index in [0.717, 1.165) is 5.56 Å². The molecule has 2 rings (SSSR count). The molecule has 116 valence electrons. The summed E-state index contributed by atoms with van der Waals surface area (Å²) in [6.45, 7) is 2.71. The molecule has 3 heteroatoms. The highest BCUT2D eigenvalue weighted by molar-refractivity contribution is 5.76. The molecule has 0 bridgehead atoms. The molecule has 0 aromatic heterocycles. The smallest absolute Gasteiger partial charge is 0.222 e. The molecule has 22 heavy (non-hydrogen) atoms. The second kappa shape index (κ2) is 7.76. The third kappa shape index (κ3) is 4.43. The maximum Gasteiger partial charge on any atom is 0.222 e. The van der Waals surface area contributed by atoms with Crippen LogP contribution in [0, 0.1) is 6.92 Å². The number of nitrogens with two attached hydrogens (primary N) is 1. The summed E-state index contributed by atoms with van der Waals surface area (Å²) >= 11 is 0. The Morgan fingerprint density at radius 2 is 1.73 bits per heavy atom. The molecule has 1 unspecified atom stereocenters. The second-order valence-corrected chi connectivity index (χ2v) is 5.73. The molecule has 0 aliphatic rings. The van der Waals surface area contributed by atoms with Crippen molar-refractivity contribution in [1.82, 2.24) is 4.90 Å². The average molecular weight is 296 g/mol. The molecular weight excluding hydrogens is 272 g/mol. The van der Waals surface area contributed by atoms with Crippen molar-refractivity contribution in [2.45, 2.75) is 32.4 Å². The van der Waals surface area contributed by atoms with Crippen molar-refractivity contribution in [2.75, 3.05) is 7.05 Å². The number of rotatable bonds is 6. The minimum absolute atomic E-state index is 0.0861. The Balaban J connectivity index is 1.85. The Morgan fingerprint density at radius 3 is 2.41 bits per heavy atom. The van der Waals surface area contributed by atoms with Gasteiger partial charge in [-0.1, -0.05) is 54.6 Å². The standard InChI is InChI=1S/C19H24N2O/c1-15-8-6-7-11-17(15)14-21(2)19(22)13-12-18(20)16-9-4-3-5-10-16/h3-11,18H,12-14,20H2,1-2H3. The Labute approximate surface area is 132 Å². The number of carbonyl (C=O) groups excluding carboxylic acids is 1. The van der Waals surface area contributed by atoms with Crippen molar-refractivity contribution in [2.24, 2.45) is 5.73 Å². The van der Waals surface area contributed by atoms with Gasteiger partial charge in [0, 0.05) is 26.1 Å². The van der Waals surface area contributed by atoms with E-state index in [-0.39, 0.29) is 11.9 Å². The van der Waals surface area contributed by atoms with Gasteiger partial charge in [-0.3, -0.25) is 4.79 Å². The lowest BCUT2D eigenvalue weighted by atomic mass is 10.0. The summed E-state index contributed by atoms with van der Waals surface area (Å²) < 4.78 is 0. The van der Waals surface area contributed by atoms with Crippen LogP contribution in [0.15, 0.2) is 54.6 Å². The van der Waals surface area contributed by atoms with Crippen molar-refractivity contribution in [3.8, 4) is 0 Å². The Kier molecular flexibility index (Phi) is 5.73. The van der Waals surface area contributed by atoms with Crippen molar-refractivity contribution in [3.05, 3.63) is 71.3 Å². The summed E-state index contributed by atoms with van der Waals surface area (Å²) in [6.07, 6.45) is 1.14. The lowest BCUT2D eigenvalue weighted by Gasteiger charge is -2.20. The SMILES string of the molecule is Cc1ccccc1CN(C)C(=O)CCC(N)c1ccccc1. The number of nitrogens with zero attached hydrogens (tertiary/aromatic N) is 1. The van der Waals surface area contributed by atoms with E-state index in [2.05, 4.69) is 19.1 Å². The Morgan fingerprint density at radius 1 is 1.09 bits per heavy atom. The molecule has 0 saturated carbocycles. The van der Waals surface area contributed by atoms with Crippen molar-refractivity contribution in [1.29, 1.82) is 0 Å². The second-order valence-electron chi connectivity index (χ2n) is 5.73. The first-order valence-corrected chi connectivity index (χ1v) is 7.67. The number of hydrogen-bond acceptors (Lipinski definition) is 2. The molecule has 3 nitrogen and oxygen atoms in total. The van der Waals surface area contributed by atoms with Gasteiger partial charge in [-0.15, -0.1) is 0 Å². The van der Waals surface area contributed by atoms with E-state index >= 15 is 0 Å². The summed E-state index contributed by atoms with van der Waals surface area (Å²) in [5, 5.41) is 0. The first kappa shape index (κ1) is 16.2. The molecule has 2 aromatic rings. The van der Waals surface area contributed by atoms with Crippen LogP contribution in [0.25, 0.3) is 0 Å². The van der Waals surface area contributed by atoms with E-state index in [4.69, 9.17) is 5.73 Å². The largest absolute Gasteiger partial charge is 0.341 e. The molecule has 0 aliphatic carbocycles. The number of carbonyl (C=O) groups is 1. The van der Waals surface area contributed by atoms with Crippen LogP contribution in [-0.4, -0.2) is 17.9 Å². The third-order valence-electron chi connectivity index (χ3n) is 3.99. The van der Waals surface area contributed by atoms with Crippen LogP contribution in [0.4, 0.5) is 0 Å². The van der Waals surface area contributed by atoms with Crippen LogP contribution in [-0.2, 0) is 11.3 Å². The van der Waals surface area contributed by atoms with Crippen LogP contribution < -0.4 is 5.73 Å². The van der Waals surface area contributed by atoms with Crippen molar-refractivity contribution < 1.29 is 4.79 Å². The Bertz CT molecular complexity index is 610.